The Bertz CT molecular complexity index is 1200. The zero-order valence-electron chi connectivity index (χ0n) is 16.6. The normalized spacial score (nSPS) is 16.8. The zero-order valence-corrected chi connectivity index (χ0v) is 16.6. The first-order valence-electron chi connectivity index (χ1n) is 9.98. The van der Waals surface area contributed by atoms with Crippen LogP contribution >= 0.6 is 0 Å². The summed E-state index contributed by atoms with van der Waals surface area (Å²) in [4.78, 5) is 15.5. The number of fused-ring (bicyclic) bond motifs is 1. The Morgan fingerprint density at radius 3 is 2.73 bits per heavy atom. The van der Waals surface area contributed by atoms with E-state index in [1.807, 2.05) is 12.3 Å². The van der Waals surface area contributed by atoms with Gasteiger partial charge in [0, 0.05) is 42.0 Å². The minimum atomic E-state index is -0.340. The molecule has 1 atom stereocenters. The highest BCUT2D eigenvalue weighted by Gasteiger charge is 2.24. The van der Waals surface area contributed by atoms with Crippen LogP contribution in [0.2, 0.25) is 0 Å². The fraction of sp³-hybridized carbons (Fsp3) is 0.208. The molecule has 6 heteroatoms. The maximum atomic E-state index is 13.4. The molecule has 1 aliphatic rings. The standard InChI is InChI=1S/C24H21FN4O/c1-29-8-7-17(14-29)22-10-18(9-19-12-26-15-28-24(19)22)16-5-6-23(27-13-16)30-21-4-2-3-20(25)11-21/h2-6,9-13,15,17H,7-8,14H2,1H3. The summed E-state index contributed by atoms with van der Waals surface area (Å²) in [7, 11) is 2.16. The lowest BCUT2D eigenvalue weighted by molar-refractivity contribution is 0.412. The van der Waals surface area contributed by atoms with Gasteiger partial charge in [-0.2, -0.15) is 0 Å². The van der Waals surface area contributed by atoms with Gasteiger partial charge in [0.15, 0.2) is 0 Å². The first kappa shape index (κ1) is 18.6. The number of aromatic nitrogens is 3. The molecule has 5 rings (SSSR count). The molecule has 0 bridgehead atoms. The first-order chi connectivity index (χ1) is 14.7. The first-order valence-corrected chi connectivity index (χ1v) is 9.98. The zero-order chi connectivity index (χ0) is 20.5. The summed E-state index contributed by atoms with van der Waals surface area (Å²) in [5, 5.41) is 1.03. The van der Waals surface area contributed by atoms with Gasteiger partial charge in [0.25, 0.3) is 0 Å². The number of pyridine rings is 1. The molecule has 150 valence electrons. The van der Waals surface area contributed by atoms with E-state index < -0.39 is 0 Å². The number of ether oxygens (including phenoxy) is 1. The Morgan fingerprint density at radius 1 is 1.03 bits per heavy atom. The van der Waals surface area contributed by atoms with Crippen molar-refractivity contribution in [1.29, 1.82) is 0 Å². The number of nitrogens with zero attached hydrogens (tertiary/aromatic N) is 4. The summed E-state index contributed by atoms with van der Waals surface area (Å²) in [5.74, 6) is 0.959. The van der Waals surface area contributed by atoms with Crippen molar-refractivity contribution in [2.45, 2.75) is 12.3 Å². The van der Waals surface area contributed by atoms with E-state index in [9.17, 15) is 4.39 Å². The van der Waals surface area contributed by atoms with Crippen LogP contribution in [-0.2, 0) is 0 Å². The van der Waals surface area contributed by atoms with Crippen LogP contribution in [0.3, 0.4) is 0 Å². The molecule has 3 heterocycles. The van der Waals surface area contributed by atoms with Crippen molar-refractivity contribution in [3.05, 3.63) is 78.6 Å². The predicted molar refractivity (Wildman–Crippen MR) is 114 cm³/mol. The summed E-state index contributed by atoms with van der Waals surface area (Å²) in [6.45, 7) is 2.12. The molecular weight excluding hydrogens is 379 g/mol. The molecule has 2 aromatic heterocycles. The van der Waals surface area contributed by atoms with Crippen LogP contribution in [0.1, 0.15) is 17.9 Å². The van der Waals surface area contributed by atoms with Gasteiger partial charge >= 0.3 is 0 Å². The highest BCUT2D eigenvalue weighted by Crippen LogP contribution is 2.35. The van der Waals surface area contributed by atoms with Gasteiger partial charge in [-0.1, -0.05) is 6.07 Å². The number of likely N-dealkylation sites (N-methyl/N-ethyl adjacent to an activating group) is 1. The summed E-state index contributed by atoms with van der Waals surface area (Å²) in [6, 6.07) is 14.1. The van der Waals surface area contributed by atoms with Gasteiger partial charge < -0.3 is 9.64 Å². The Labute approximate surface area is 174 Å². The average molecular weight is 400 g/mol. The molecule has 0 aliphatic carbocycles. The third-order valence-electron chi connectivity index (χ3n) is 5.56. The number of halogens is 1. The molecule has 0 radical (unpaired) electrons. The fourth-order valence-corrected chi connectivity index (χ4v) is 4.06. The van der Waals surface area contributed by atoms with Crippen LogP contribution in [0, 0.1) is 5.82 Å². The largest absolute Gasteiger partial charge is 0.439 e. The van der Waals surface area contributed by atoms with Crippen molar-refractivity contribution in [1.82, 2.24) is 19.9 Å². The summed E-state index contributed by atoms with van der Waals surface area (Å²) >= 11 is 0. The van der Waals surface area contributed by atoms with Crippen LogP contribution in [0.4, 0.5) is 4.39 Å². The molecule has 0 amide bonds. The Kier molecular flexibility index (Phi) is 4.85. The summed E-state index contributed by atoms with van der Waals surface area (Å²) in [6.07, 6.45) is 6.38. The van der Waals surface area contributed by atoms with Crippen molar-refractivity contribution in [3.8, 4) is 22.8 Å². The average Bonchev–Trinajstić information content (AvgIpc) is 3.20. The second kappa shape index (κ2) is 7.80. The van der Waals surface area contributed by atoms with Gasteiger partial charge in [-0.15, -0.1) is 0 Å². The Balaban J connectivity index is 1.48. The van der Waals surface area contributed by atoms with E-state index in [-0.39, 0.29) is 5.82 Å². The van der Waals surface area contributed by atoms with E-state index in [4.69, 9.17) is 4.74 Å². The maximum absolute atomic E-state index is 13.4. The molecule has 1 saturated heterocycles. The number of hydrogen-bond donors (Lipinski definition) is 0. The van der Waals surface area contributed by atoms with Gasteiger partial charge in [-0.25, -0.2) is 19.3 Å². The van der Waals surface area contributed by atoms with Crippen molar-refractivity contribution in [2.75, 3.05) is 20.1 Å². The van der Waals surface area contributed by atoms with Gasteiger partial charge in [0.05, 0.1) is 5.52 Å². The number of benzene rings is 2. The Morgan fingerprint density at radius 2 is 1.97 bits per heavy atom. The van der Waals surface area contributed by atoms with Gasteiger partial charge in [-0.05, 0) is 67.4 Å². The van der Waals surface area contributed by atoms with E-state index in [2.05, 4.69) is 39.0 Å². The number of hydrogen-bond acceptors (Lipinski definition) is 5. The highest BCUT2D eigenvalue weighted by atomic mass is 19.1. The summed E-state index contributed by atoms with van der Waals surface area (Å²) < 4.78 is 19.0. The third-order valence-corrected chi connectivity index (χ3v) is 5.56. The summed E-state index contributed by atoms with van der Waals surface area (Å²) in [5.41, 5.74) is 4.34. The molecule has 0 saturated carbocycles. The molecule has 4 aromatic rings. The van der Waals surface area contributed by atoms with Crippen molar-refractivity contribution in [2.24, 2.45) is 0 Å². The van der Waals surface area contributed by atoms with Crippen molar-refractivity contribution < 1.29 is 9.13 Å². The molecule has 0 spiro atoms. The molecule has 30 heavy (non-hydrogen) atoms. The molecule has 1 fully saturated rings. The van der Waals surface area contributed by atoms with E-state index in [1.54, 1.807) is 30.7 Å². The predicted octanol–water partition coefficient (Wildman–Crippen LogP) is 5.04. The van der Waals surface area contributed by atoms with Gasteiger partial charge in [0.1, 0.15) is 17.9 Å². The minimum Gasteiger partial charge on any atom is -0.439 e. The number of likely N-dealkylation sites (tertiary alicyclic amines) is 1. The lowest BCUT2D eigenvalue weighted by Crippen LogP contribution is -2.13. The smallest absolute Gasteiger partial charge is 0.219 e. The molecule has 0 N–H and O–H groups in total. The van der Waals surface area contributed by atoms with E-state index in [0.29, 0.717) is 17.5 Å². The quantitative estimate of drug-likeness (QED) is 0.480. The van der Waals surface area contributed by atoms with Crippen LogP contribution in [-0.4, -0.2) is 40.0 Å². The van der Waals surface area contributed by atoms with E-state index in [0.717, 1.165) is 41.5 Å². The highest BCUT2D eigenvalue weighted by molar-refractivity contribution is 5.87. The molecule has 1 aliphatic heterocycles. The third kappa shape index (κ3) is 3.74. The lowest BCUT2D eigenvalue weighted by atomic mass is 9.92. The number of rotatable bonds is 4. The lowest BCUT2D eigenvalue weighted by Gasteiger charge is -2.15. The molecule has 5 nitrogen and oxygen atoms in total. The van der Waals surface area contributed by atoms with E-state index in [1.165, 1.54) is 17.7 Å². The second-order valence-electron chi connectivity index (χ2n) is 7.72. The second-order valence-corrected chi connectivity index (χ2v) is 7.72. The van der Waals surface area contributed by atoms with Gasteiger partial charge in [-0.3, -0.25) is 0 Å². The van der Waals surface area contributed by atoms with Crippen LogP contribution in [0.15, 0.2) is 67.3 Å². The monoisotopic (exact) mass is 400 g/mol. The van der Waals surface area contributed by atoms with Crippen LogP contribution in [0.25, 0.3) is 22.0 Å². The molecule has 1 unspecified atom stereocenters. The van der Waals surface area contributed by atoms with E-state index >= 15 is 0 Å². The molecular formula is C24H21FN4O. The molecule has 2 aromatic carbocycles. The van der Waals surface area contributed by atoms with Gasteiger partial charge in [0.2, 0.25) is 5.88 Å². The van der Waals surface area contributed by atoms with Crippen molar-refractivity contribution >= 4 is 10.9 Å². The topological polar surface area (TPSA) is 51.1 Å². The maximum Gasteiger partial charge on any atom is 0.219 e. The van der Waals surface area contributed by atoms with Crippen LogP contribution in [0.5, 0.6) is 11.6 Å². The van der Waals surface area contributed by atoms with Crippen molar-refractivity contribution in [3.63, 3.8) is 0 Å². The van der Waals surface area contributed by atoms with Crippen LogP contribution < -0.4 is 4.74 Å². The Hall–Kier alpha value is -3.38. The SMILES string of the molecule is CN1CCC(c2cc(-c3ccc(Oc4cccc(F)c4)nc3)cc3cncnc23)C1. The minimum absolute atomic E-state index is 0.340. The fourth-order valence-electron chi connectivity index (χ4n) is 4.06.